The van der Waals surface area contributed by atoms with Gasteiger partial charge in [0.15, 0.2) is 0 Å². The van der Waals surface area contributed by atoms with Gasteiger partial charge in [-0.2, -0.15) is 0 Å². The third-order valence-electron chi connectivity index (χ3n) is 3.67. The molecule has 0 saturated carbocycles. The first-order chi connectivity index (χ1) is 8.36. The summed E-state index contributed by atoms with van der Waals surface area (Å²) < 4.78 is 0. The third-order valence-corrected chi connectivity index (χ3v) is 3.67. The van der Waals surface area contributed by atoms with E-state index in [2.05, 4.69) is 34.4 Å². The third kappa shape index (κ3) is 4.10. The van der Waals surface area contributed by atoms with Crippen molar-refractivity contribution in [3.05, 3.63) is 30.1 Å². The van der Waals surface area contributed by atoms with E-state index in [0.29, 0.717) is 0 Å². The predicted octanol–water partition coefficient (Wildman–Crippen LogP) is 1.70. The summed E-state index contributed by atoms with van der Waals surface area (Å²) in [7, 11) is 2.26. The maximum absolute atomic E-state index is 4.05. The van der Waals surface area contributed by atoms with Gasteiger partial charge < -0.3 is 10.2 Å². The van der Waals surface area contributed by atoms with Crippen LogP contribution in [-0.2, 0) is 6.42 Å². The van der Waals surface area contributed by atoms with Crippen LogP contribution >= 0.6 is 0 Å². The molecule has 1 aliphatic heterocycles. The molecule has 94 valence electrons. The molecule has 2 rings (SSSR count). The Morgan fingerprint density at radius 3 is 2.94 bits per heavy atom. The van der Waals surface area contributed by atoms with Crippen LogP contribution in [0.15, 0.2) is 24.5 Å². The van der Waals surface area contributed by atoms with E-state index in [1.165, 1.54) is 37.9 Å². The molecule has 0 amide bonds. The predicted molar refractivity (Wildman–Crippen MR) is 71.1 cm³/mol. The van der Waals surface area contributed by atoms with E-state index in [4.69, 9.17) is 0 Å². The zero-order valence-corrected chi connectivity index (χ0v) is 10.7. The van der Waals surface area contributed by atoms with Crippen molar-refractivity contribution in [1.82, 2.24) is 15.2 Å². The van der Waals surface area contributed by atoms with Crippen LogP contribution in [-0.4, -0.2) is 42.6 Å². The van der Waals surface area contributed by atoms with Crippen LogP contribution in [0.4, 0.5) is 0 Å². The molecule has 0 aromatic carbocycles. The Bertz CT molecular complexity index is 305. The lowest BCUT2D eigenvalue weighted by Gasteiger charge is -2.26. The molecule has 0 aliphatic carbocycles. The van der Waals surface area contributed by atoms with Gasteiger partial charge in [0.25, 0.3) is 0 Å². The Labute approximate surface area is 104 Å². The zero-order valence-electron chi connectivity index (χ0n) is 10.7. The molecular weight excluding hydrogens is 210 g/mol. The van der Waals surface area contributed by atoms with E-state index < -0.39 is 0 Å². The summed E-state index contributed by atoms with van der Waals surface area (Å²) in [5.74, 6) is 0. The van der Waals surface area contributed by atoms with Crippen molar-refractivity contribution in [3.63, 3.8) is 0 Å². The van der Waals surface area contributed by atoms with Gasteiger partial charge in [0.2, 0.25) is 0 Å². The Morgan fingerprint density at radius 1 is 1.29 bits per heavy atom. The van der Waals surface area contributed by atoms with Crippen molar-refractivity contribution in [3.8, 4) is 0 Å². The number of nitrogens with zero attached hydrogens (tertiary/aromatic N) is 2. The minimum absolute atomic E-state index is 0.756. The van der Waals surface area contributed by atoms with Crippen LogP contribution in [0.25, 0.3) is 0 Å². The lowest BCUT2D eigenvalue weighted by atomic mass is 10.1. The Kier molecular flexibility index (Phi) is 4.95. The van der Waals surface area contributed by atoms with Gasteiger partial charge in [0.05, 0.1) is 0 Å². The second-order valence-corrected chi connectivity index (χ2v) is 4.92. The van der Waals surface area contributed by atoms with Gasteiger partial charge in [0, 0.05) is 25.0 Å². The number of likely N-dealkylation sites (N-methyl/N-ethyl adjacent to an activating group) is 1. The Balaban J connectivity index is 1.78. The zero-order chi connectivity index (χ0) is 11.9. The summed E-state index contributed by atoms with van der Waals surface area (Å²) in [4.78, 5) is 6.57. The molecule has 0 spiro atoms. The molecule has 3 heteroatoms. The van der Waals surface area contributed by atoms with Gasteiger partial charge in [-0.05, 0) is 63.5 Å². The van der Waals surface area contributed by atoms with Gasteiger partial charge in [-0.3, -0.25) is 4.98 Å². The molecular formula is C14H23N3. The van der Waals surface area contributed by atoms with Crippen molar-refractivity contribution in [1.29, 1.82) is 0 Å². The summed E-state index contributed by atoms with van der Waals surface area (Å²) in [6.07, 6.45) is 8.82. The monoisotopic (exact) mass is 233 g/mol. The van der Waals surface area contributed by atoms with E-state index in [9.17, 15) is 0 Å². The van der Waals surface area contributed by atoms with E-state index in [0.717, 1.165) is 19.0 Å². The number of aromatic nitrogens is 1. The lowest BCUT2D eigenvalue weighted by Crippen LogP contribution is -2.34. The molecule has 0 bridgehead atoms. The molecule has 1 aliphatic rings. The average Bonchev–Trinajstić information content (AvgIpc) is 2.66. The first-order valence-corrected chi connectivity index (χ1v) is 6.66. The second kappa shape index (κ2) is 6.72. The summed E-state index contributed by atoms with van der Waals surface area (Å²) in [5.41, 5.74) is 1.39. The standard InChI is InChI=1S/C14H23N3/c1-17(14-3-2-8-15-11-6-14)12-7-13-4-9-16-10-5-13/h4-5,9-10,14-15H,2-3,6-8,11-12H2,1H3. The summed E-state index contributed by atoms with van der Waals surface area (Å²) >= 11 is 0. The highest BCUT2D eigenvalue weighted by Gasteiger charge is 2.16. The molecule has 1 fully saturated rings. The van der Waals surface area contributed by atoms with Crippen LogP contribution in [0.5, 0.6) is 0 Å². The van der Waals surface area contributed by atoms with E-state index in [1.807, 2.05) is 12.4 Å². The maximum Gasteiger partial charge on any atom is 0.0270 e. The number of hydrogen-bond donors (Lipinski definition) is 1. The highest BCUT2D eigenvalue weighted by molar-refractivity contribution is 5.09. The molecule has 2 heterocycles. The molecule has 1 N–H and O–H groups in total. The maximum atomic E-state index is 4.05. The normalized spacial score (nSPS) is 21.4. The quantitative estimate of drug-likeness (QED) is 0.858. The SMILES string of the molecule is CN(CCc1ccncc1)C1CCCNCC1. The van der Waals surface area contributed by atoms with E-state index in [1.54, 1.807) is 0 Å². The minimum atomic E-state index is 0.756. The molecule has 3 nitrogen and oxygen atoms in total. The van der Waals surface area contributed by atoms with Crippen LogP contribution in [0.1, 0.15) is 24.8 Å². The van der Waals surface area contributed by atoms with Crippen LogP contribution < -0.4 is 5.32 Å². The summed E-state index contributed by atoms with van der Waals surface area (Å²) in [5, 5.41) is 3.47. The van der Waals surface area contributed by atoms with Crippen LogP contribution in [0.2, 0.25) is 0 Å². The molecule has 1 aromatic rings. The molecule has 1 aromatic heterocycles. The van der Waals surface area contributed by atoms with Gasteiger partial charge in [0.1, 0.15) is 0 Å². The molecule has 1 atom stereocenters. The smallest absolute Gasteiger partial charge is 0.0270 e. The van der Waals surface area contributed by atoms with E-state index in [-0.39, 0.29) is 0 Å². The highest BCUT2D eigenvalue weighted by atomic mass is 15.1. The average molecular weight is 233 g/mol. The van der Waals surface area contributed by atoms with Crippen molar-refractivity contribution in [2.75, 3.05) is 26.7 Å². The van der Waals surface area contributed by atoms with Gasteiger partial charge >= 0.3 is 0 Å². The summed E-state index contributed by atoms with van der Waals surface area (Å²) in [6.45, 7) is 3.51. The fourth-order valence-electron chi connectivity index (χ4n) is 2.48. The number of pyridine rings is 1. The molecule has 17 heavy (non-hydrogen) atoms. The second-order valence-electron chi connectivity index (χ2n) is 4.92. The first-order valence-electron chi connectivity index (χ1n) is 6.66. The molecule has 1 unspecified atom stereocenters. The topological polar surface area (TPSA) is 28.2 Å². The summed E-state index contributed by atoms with van der Waals surface area (Å²) in [6, 6.07) is 4.98. The van der Waals surface area contributed by atoms with Gasteiger partial charge in [-0.15, -0.1) is 0 Å². The van der Waals surface area contributed by atoms with E-state index >= 15 is 0 Å². The van der Waals surface area contributed by atoms with Gasteiger partial charge in [-0.25, -0.2) is 0 Å². The Hall–Kier alpha value is -0.930. The fourth-order valence-corrected chi connectivity index (χ4v) is 2.48. The van der Waals surface area contributed by atoms with Gasteiger partial charge in [-0.1, -0.05) is 0 Å². The molecule has 1 saturated heterocycles. The first kappa shape index (κ1) is 12.5. The number of rotatable bonds is 4. The van der Waals surface area contributed by atoms with Crippen molar-refractivity contribution < 1.29 is 0 Å². The minimum Gasteiger partial charge on any atom is -0.317 e. The Morgan fingerprint density at radius 2 is 2.12 bits per heavy atom. The fraction of sp³-hybridized carbons (Fsp3) is 0.643. The van der Waals surface area contributed by atoms with Crippen LogP contribution in [0, 0.1) is 0 Å². The van der Waals surface area contributed by atoms with Crippen molar-refractivity contribution >= 4 is 0 Å². The lowest BCUT2D eigenvalue weighted by molar-refractivity contribution is 0.227. The highest BCUT2D eigenvalue weighted by Crippen LogP contribution is 2.12. The number of hydrogen-bond acceptors (Lipinski definition) is 3. The van der Waals surface area contributed by atoms with Crippen molar-refractivity contribution in [2.45, 2.75) is 31.7 Å². The largest absolute Gasteiger partial charge is 0.317 e. The molecule has 0 radical (unpaired) electrons. The van der Waals surface area contributed by atoms with Crippen molar-refractivity contribution in [2.24, 2.45) is 0 Å². The van der Waals surface area contributed by atoms with Crippen LogP contribution in [0.3, 0.4) is 0 Å². The number of nitrogens with one attached hydrogen (secondary N) is 1.